The van der Waals surface area contributed by atoms with Crippen molar-refractivity contribution in [3.63, 3.8) is 0 Å². The molecule has 6 heteroatoms. The molecule has 1 aromatic rings. The zero-order chi connectivity index (χ0) is 16.1. The lowest BCUT2D eigenvalue weighted by Crippen LogP contribution is -2.47. The van der Waals surface area contributed by atoms with Gasteiger partial charge < -0.3 is 9.47 Å². The smallest absolute Gasteiger partial charge is 0.371 e. The van der Waals surface area contributed by atoms with E-state index in [9.17, 15) is 18.0 Å². The Bertz CT molecular complexity index is 619. The van der Waals surface area contributed by atoms with Crippen molar-refractivity contribution >= 4 is 11.4 Å². The molecule has 22 heavy (non-hydrogen) atoms. The highest BCUT2D eigenvalue weighted by atomic mass is 19.4. The standard InChI is InChI=1S/C16H15F3O3/c1-8-13(20)15(21-2)12-7-11(14(8)22-12)9-3-5-10(6-4-9)16(17,18)19/h3-8,12,14-15H,1-2H3/t8-,12+,14+,15-/m0/s1. The molecule has 3 nitrogen and oxygen atoms in total. The van der Waals surface area contributed by atoms with E-state index in [1.165, 1.54) is 19.2 Å². The quantitative estimate of drug-likeness (QED) is 0.842. The Morgan fingerprint density at radius 2 is 1.82 bits per heavy atom. The van der Waals surface area contributed by atoms with Crippen LogP contribution in [0.2, 0.25) is 0 Å². The molecule has 118 valence electrons. The van der Waals surface area contributed by atoms with E-state index in [0.717, 1.165) is 17.7 Å². The molecule has 1 fully saturated rings. The number of methoxy groups -OCH3 is 1. The third-order valence-corrected chi connectivity index (χ3v) is 4.24. The lowest BCUT2D eigenvalue weighted by molar-refractivity contribution is -0.156. The van der Waals surface area contributed by atoms with Crippen molar-refractivity contribution in [1.29, 1.82) is 0 Å². The molecule has 0 spiro atoms. The Hall–Kier alpha value is -1.66. The first-order valence-electron chi connectivity index (χ1n) is 6.94. The SMILES string of the molecule is CO[C@@H]1C(=O)[C@H](C)[C@H]2O[C@@H]1C=C2c1ccc(C(F)(F)F)cc1. The summed E-state index contributed by atoms with van der Waals surface area (Å²) in [6.07, 6.45) is -4.14. The number of Topliss-reactive ketones (excluding diaryl/α,β-unsaturated/α-hetero) is 1. The number of ketones is 1. The van der Waals surface area contributed by atoms with Crippen LogP contribution in [0.15, 0.2) is 30.3 Å². The van der Waals surface area contributed by atoms with Crippen LogP contribution in [0, 0.1) is 5.92 Å². The summed E-state index contributed by atoms with van der Waals surface area (Å²) >= 11 is 0. The predicted octanol–water partition coefficient (Wildman–Crippen LogP) is 3.09. The molecule has 2 aliphatic heterocycles. The first kappa shape index (κ1) is 15.2. The minimum Gasteiger partial charge on any atom is -0.371 e. The van der Waals surface area contributed by atoms with Crippen LogP contribution in [0.1, 0.15) is 18.1 Å². The van der Waals surface area contributed by atoms with Crippen molar-refractivity contribution in [3.8, 4) is 0 Å². The molecule has 0 N–H and O–H groups in total. The molecule has 3 rings (SSSR count). The van der Waals surface area contributed by atoms with E-state index in [4.69, 9.17) is 9.47 Å². The summed E-state index contributed by atoms with van der Waals surface area (Å²) < 4.78 is 48.8. The van der Waals surface area contributed by atoms with Gasteiger partial charge in [0.05, 0.1) is 11.7 Å². The van der Waals surface area contributed by atoms with Gasteiger partial charge in [0, 0.05) is 13.0 Å². The molecule has 1 saturated heterocycles. The van der Waals surface area contributed by atoms with Gasteiger partial charge in [0.2, 0.25) is 0 Å². The highest BCUT2D eigenvalue weighted by Gasteiger charge is 2.48. The van der Waals surface area contributed by atoms with Gasteiger partial charge in [0.1, 0.15) is 12.2 Å². The first-order valence-corrected chi connectivity index (χ1v) is 6.94. The van der Waals surface area contributed by atoms with Crippen molar-refractivity contribution in [1.82, 2.24) is 0 Å². The molecular weight excluding hydrogens is 297 g/mol. The molecule has 0 amide bonds. The summed E-state index contributed by atoms with van der Waals surface area (Å²) in [5, 5.41) is 0. The molecule has 0 aliphatic carbocycles. The highest BCUT2D eigenvalue weighted by Crippen LogP contribution is 2.40. The van der Waals surface area contributed by atoms with E-state index in [1.54, 1.807) is 13.0 Å². The second kappa shape index (κ2) is 5.21. The van der Waals surface area contributed by atoms with Crippen LogP contribution in [0.25, 0.3) is 5.57 Å². The predicted molar refractivity (Wildman–Crippen MR) is 73.1 cm³/mol. The van der Waals surface area contributed by atoms with Crippen LogP contribution in [0.3, 0.4) is 0 Å². The van der Waals surface area contributed by atoms with Gasteiger partial charge in [-0.15, -0.1) is 0 Å². The second-order valence-corrected chi connectivity index (χ2v) is 5.57. The average Bonchev–Trinajstić information content (AvgIpc) is 2.87. The molecule has 4 atom stereocenters. The van der Waals surface area contributed by atoms with Crippen molar-refractivity contribution < 1.29 is 27.4 Å². The number of hydrogen-bond acceptors (Lipinski definition) is 3. The molecule has 2 bridgehead atoms. The number of carbonyl (C=O) groups excluding carboxylic acids is 1. The number of fused-ring (bicyclic) bond motifs is 2. The van der Waals surface area contributed by atoms with Crippen LogP contribution in [0.4, 0.5) is 13.2 Å². The molecule has 2 aliphatic rings. The summed E-state index contributed by atoms with van der Waals surface area (Å²) in [5.74, 6) is -0.431. The Morgan fingerprint density at radius 3 is 2.36 bits per heavy atom. The molecule has 0 saturated carbocycles. The third-order valence-electron chi connectivity index (χ3n) is 4.24. The highest BCUT2D eigenvalue weighted by molar-refractivity contribution is 5.92. The van der Waals surface area contributed by atoms with Gasteiger partial charge in [-0.2, -0.15) is 13.2 Å². The molecule has 2 heterocycles. The summed E-state index contributed by atoms with van der Waals surface area (Å²) in [4.78, 5) is 12.2. The Balaban J connectivity index is 1.93. The normalized spacial score (nSPS) is 31.3. The van der Waals surface area contributed by atoms with Gasteiger partial charge in [-0.1, -0.05) is 19.1 Å². The second-order valence-electron chi connectivity index (χ2n) is 5.57. The van der Waals surface area contributed by atoms with Gasteiger partial charge in [0.15, 0.2) is 5.78 Å². The summed E-state index contributed by atoms with van der Waals surface area (Å²) in [5.41, 5.74) is 0.689. The number of hydrogen-bond donors (Lipinski definition) is 0. The van der Waals surface area contributed by atoms with E-state index in [1.807, 2.05) is 0 Å². The van der Waals surface area contributed by atoms with Crippen LogP contribution < -0.4 is 0 Å². The van der Waals surface area contributed by atoms with Crippen LogP contribution in [-0.2, 0) is 20.4 Å². The first-order chi connectivity index (χ1) is 10.3. The summed E-state index contributed by atoms with van der Waals surface area (Å²) in [7, 11) is 1.45. The van der Waals surface area contributed by atoms with Crippen LogP contribution >= 0.6 is 0 Å². The lowest BCUT2D eigenvalue weighted by Gasteiger charge is -2.32. The zero-order valence-electron chi connectivity index (χ0n) is 12.1. The Morgan fingerprint density at radius 1 is 1.18 bits per heavy atom. The van der Waals surface area contributed by atoms with E-state index in [0.29, 0.717) is 5.56 Å². The average molecular weight is 312 g/mol. The van der Waals surface area contributed by atoms with E-state index in [2.05, 4.69) is 0 Å². The van der Waals surface area contributed by atoms with Crippen molar-refractivity contribution in [3.05, 3.63) is 41.5 Å². The minimum absolute atomic E-state index is 0.0399. The maximum Gasteiger partial charge on any atom is 0.416 e. The van der Waals surface area contributed by atoms with Gasteiger partial charge in [-0.25, -0.2) is 0 Å². The Labute approximate surface area is 125 Å². The van der Waals surface area contributed by atoms with E-state index < -0.39 is 36.0 Å². The van der Waals surface area contributed by atoms with Gasteiger partial charge >= 0.3 is 6.18 Å². The number of benzene rings is 1. The number of halogens is 3. The maximum absolute atomic E-state index is 12.6. The number of carbonyl (C=O) groups is 1. The van der Waals surface area contributed by atoms with Crippen LogP contribution in [-0.4, -0.2) is 31.2 Å². The largest absolute Gasteiger partial charge is 0.416 e. The Kier molecular flexibility index (Phi) is 3.61. The van der Waals surface area contributed by atoms with E-state index >= 15 is 0 Å². The fraction of sp³-hybridized carbons (Fsp3) is 0.438. The summed E-state index contributed by atoms with van der Waals surface area (Å²) in [6, 6.07) is 4.91. The minimum atomic E-state index is -4.36. The molecule has 0 radical (unpaired) electrons. The number of ether oxygens (including phenoxy) is 2. The van der Waals surface area contributed by atoms with Crippen molar-refractivity contribution in [2.75, 3.05) is 7.11 Å². The number of rotatable bonds is 2. The fourth-order valence-corrected chi connectivity index (χ4v) is 3.03. The topological polar surface area (TPSA) is 35.5 Å². The summed E-state index contributed by atoms with van der Waals surface area (Å²) in [6.45, 7) is 1.75. The van der Waals surface area contributed by atoms with Gasteiger partial charge in [0.25, 0.3) is 0 Å². The van der Waals surface area contributed by atoms with Crippen molar-refractivity contribution in [2.24, 2.45) is 5.92 Å². The number of alkyl halides is 3. The van der Waals surface area contributed by atoms with Crippen LogP contribution in [0.5, 0.6) is 0 Å². The molecular formula is C16H15F3O3. The maximum atomic E-state index is 12.6. The third kappa shape index (κ3) is 2.36. The van der Waals surface area contributed by atoms with E-state index in [-0.39, 0.29) is 5.78 Å². The van der Waals surface area contributed by atoms with Gasteiger partial charge in [-0.3, -0.25) is 4.79 Å². The van der Waals surface area contributed by atoms with Crippen molar-refractivity contribution in [2.45, 2.75) is 31.4 Å². The molecule has 0 aromatic heterocycles. The lowest BCUT2D eigenvalue weighted by atomic mass is 9.89. The zero-order valence-corrected chi connectivity index (χ0v) is 12.1. The molecule has 1 aromatic carbocycles. The fourth-order valence-electron chi connectivity index (χ4n) is 3.03. The van der Waals surface area contributed by atoms with Gasteiger partial charge in [-0.05, 0) is 29.3 Å². The monoisotopic (exact) mass is 312 g/mol. The molecule has 0 unspecified atom stereocenters.